The molecule has 132 valence electrons. The van der Waals surface area contributed by atoms with E-state index in [1.54, 1.807) is 0 Å². The summed E-state index contributed by atoms with van der Waals surface area (Å²) in [6.45, 7) is 8.18. The lowest BCUT2D eigenvalue weighted by molar-refractivity contribution is -0.136. The lowest BCUT2D eigenvalue weighted by Crippen LogP contribution is -2.55. The van der Waals surface area contributed by atoms with Crippen LogP contribution in [0, 0.1) is 5.92 Å². The first-order chi connectivity index (χ1) is 12.0. The predicted octanol–water partition coefficient (Wildman–Crippen LogP) is 2.96. The smallest absolute Gasteiger partial charge is 0.225 e. The highest BCUT2D eigenvalue weighted by molar-refractivity contribution is 5.78. The van der Waals surface area contributed by atoms with Crippen LogP contribution in [0.5, 0.6) is 11.6 Å². The molecule has 1 aliphatic heterocycles. The molecule has 0 N–H and O–H groups in total. The number of carbonyl (C=O) groups is 1. The summed E-state index contributed by atoms with van der Waals surface area (Å²) in [5.74, 6) is 2.32. The standard InChI is InChI=1S/C19H24N4O2/c1-14(2)19(24)23-10-9-22(12-15(23)3)17-11-18(21-13-20-17)25-16-7-5-4-6-8-16/h4-8,11,13-15H,9-10,12H2,1-3H3/t15-/m0/s1. The number of para-hydroxylation sites is 1. The molecule has 1 aromatic heterocycles. The number of hydrogen-bond donors (Lipinski definition) is 0. The maximum atomic E-state index is 12.3. The number of piperazine rings is 1. The number of benzene rings is 1. The number of hydrogen-bond acceptors (Lipinski definition) is 5. The SMILES string of the molecule is CC(C)C(=O)N1CCN(c2cc(Oc3ccccc3)ncn2)C[C@@H]1C. The van der Waals surface area contributed by atoms with Gasteiger partial charge in [-0.3, -0.25) is 4.79 Å². The van der Waals surface area contributed by atoms with Gasteiger partial charge in [0.25, 0.3) is 0 Å². The van der Waals surface area contributed by atoms with Crippen molar-refractivity contribution in [3.63, 3.8) is 0 Å². The van der Waals surface area contributed by atoms with Gasteiger partial charge in [-0.1, -0.05) is 32.0 Å². The summed E-state index contributed by atoms with van der Waals surface area (Å²) in [6.07, 6.45) is 1.52. The van der Waals surface area contributed by atoms with Gasteiger partial charge in [-0.15, -0.1) is 0 Å². The third-order valence-electron chi connectivity index (χ3n) is 4.32. The Balaban J connectivity index is 1.69. The molecule has 25 heavy (non-hydrogen) atoms. The summed E-state index contributed by atoms with van der Waals surface area (Å²) in [7, 11) is 0. The monoisotopic (exact) mass is 340 g/mol. The highest BCUT2D eigenvalue weighted by Crippen LogP contribution is 2.24. The molecule has 0 bridgehead atoms. The van der Waals surface area contributed by atoms with Crippen molar-refractivity contribution in [1.29, 1.82) is 0 Å². The van der Waals surface area contributed by atoms with E-state index in [2.05, 4.69) is 21.8 Å². The second kappa shape index (κ2) is 7.51. The van der Waals surface area contributed by atoms with Gasteiger partial charge in [-0.05, 0) is 19.1 Å². The molecule has 1 aliphatic rings. The van der Waals surface area contributed by atoms with Crippen LogP contribution in [-0.4, -0.2) is 46.5 Å². The van der Waals surface area contributed by atoms with Crippen molar-refractivity contribution in [2.75, 3.05) is 24.5 Å². The maximum absolute atomic E-state index is 12.3. The molecule has 6 heteroatoms. The lowest BCUT2D eigenvalue weighted by atomic mass is 10.1. The van der Waals surface area contributed by atoms with Crippen molar-refractivity contribution in [2.45, 2.75) is 26.8 Å². The topological polar surface area (TPSA) is 58.6 Å². The fraction of sp³-hybridized carbons (Fsp3) is 0.421. The van der Waals surface area contributed by atoms with Crippen LogP contribution in [0.3, 0.4) is 0 Å². The highest BCUT2D eigenvalue weighted by Gasteiger charge is 2.29. The van der Waals surface area contributed by atoms with Gasteiger partial charge in [-0.2, -0.15) is 0 Å². The molecule has 3 rings (SSSR count). The van der Waals surface area contributed by atoms with Crippen LogP contribution in [0.2, 0.25) is 0 Å². The fourth-order valence-electron chi connectivity index (χ4n) is 2.99. The van der Waals surface area contributed by atoms with Gasteiger partial charge in [0.1, 0.15) is 17.9 Å². The molecule has 2 heterocycles. The van der Waals surface area contributed by atoms with E-state index in [0.717, 1.165) is 24.7 Å². The average Bonchev–Trinajstić information content (AvgIpc) is 2.62. The Morgan fingerprint density at radius 3 is 2.64 bits per heavy atom. The second-order valence-corrected chi connectivity index (χ2v) is 6.61. The number of nitrogens with zero attached hydrogens (tertiary/aromatic N) is 4. The van der Waals surface area contributed by atoms with E-state index in [1.807, 2.05) is 55.1 Å². The summed E-state index contributed by atoms with van der Waals surface area (Å²) >= 11 is 0. The van der Waals surface area contributed by atoms with Crippen LogP contribution in [0.15, 0.2) is 42.7 Å². The van der Waals surface area contributed by atoms with Gasteiger partial charge in [0, 0.05) is 37.7 Å². The minimum Gasteiger partial charge on any atom is -0.439 e. The van der Waals surface area contributed by atoms with Crippen LogP contribution in [-0.2, 0) is 4.79 Å². The zero-order valence-corrected chi connectivity index (χ0v) is 14.9. The third kappa shape index (κ3) is 4.07. The normalized spacial score (nSPS) is 17.7. The van der Waals surface area contributed by atoms with Gasteiger partial charge in [0.2, 0.25) is 11.8 Å². The molecule has 6 nitrogen and oxygen atoms in total. The fourth-order valence-corrected chi connectivity index (χ4v) is 2.99. The minimum atomic E-state index is 0.0268. The zero-order valence-electron chi connectivity index (χ0n) is 14.9. The van der Waals surface area contributed by atoms with Gasteiger partial charge in [0.05, 0.1) is 0 Å². The molecule has 2 aromatic rings. The molecular formula is C19H24N4O2. The van der Waals surface area contributed by atoms with Gasteiger partial charge < -0.3 is 14.5 Å². The van der Waals surface area contributed by atoms with Crippen LogP contribution in [0.25, 0.3) is 0 Å². The van der Waals surface area contributed by atoms with Crippen LogP contribution >= 0.6 is 0 Å². The minimum absolute atomic E-state index is 0.0268. The number of ether oxygens (including phenoxy) is 1. The number of aromatic nitrogens is 2. The van der Waals surface area contributed by atoms with E-state index in [9.17, 15) is 4.79 Å². The molecule has 0 spiro atoms. The predicted molar refractivity (Wildman–Crippen MR) is 96.8 cm³/mol. The first-order valence-electron chi connectivity index (χ1n) is 8.65. The lowest BCUT2D eigenvalue weighted by Gasteiger charge is -2.41. The Hall–Kier alpha value is -2.63. The largest absolute Gasteiger partial charge is 0.439 e. The number of rotatable bonds is 4. The van der Waals surface area contributed by atoms with Crippen LogP contribution < -0.4 is 9.64 Å². The molecule has 1 aromatic carbocycles. The number of carbonyl (C=O) groups excluding carboxylic acids is 1. The summed E-state index contributed by atoms with van der Waals surface area (Å²) < 4.78 is 5.79. The molecule has 1 fully saturated rings. The van der Waals surface area contributed by atoms with Crippen molar-refractivity contribution in [2.24, 2.45) is 5.92 Å². The summed E-state index contributed by atoms with van der Waals surface area (Å²) in [4.78, 5) is 25.0. The van der Waals surface area contributed by atoms with Crippen molar-refractivity contribution < 1.29 is 9.53 Å². The Bertz CT molecular complexity index is 720. The Kier molecular flexibility index (Phi) is 5.16. The Morgan fingerprint density at radius 2 is 1.96 bits per heavy atom. The van der Waals surface area contributed by atoms with Crippen LogP contribution in [0.1, 0.15) is 20.8 Å². The van der Waals surface area contributed by atoms with Crippen LogP contribution in [0.4, 0.5) is 5.82 Å². The van der Waals surface area contributed by atoms with Gasteiger partial charge in [0.15, 0.2) is 0 Å². The molecule has 0 saturated carbocycles. The summed E-state index contributed by atoms with van der Waals surface area (Å²) in [5.41, 5.74) is 0. The molecule has 0 unspecified atom stereocenters. The van der Waals surface area contributed by atoms with E-state index < -0.39 is 0 Å². The second-order valence-electron chi connectivity index (χ2n) is 6.61. The Morgan fingerprint density at radius 1 is 1.20 bits per heavy atom. The van der Waals surface area contributed by atoms with Crippen molar-refractivity contribution in [3.05, 3.63) is 42.7 Å². The zero-order chi connectivity index (χ0) is 17.8. The first-order valence-corrected chi connectivity index (χ1v) is 8.65. The number of amides is 1. The van der Waals surface area contributed by atoms with E-state index >= 15 is 0 Å². The molecule has 0 aliphatic carbocycles. The Labute approximate surface area is 148 Å². The van der Waals surface area contributed by atoms with Crippen molar-refractivity contribution in [3.8, 4) is 11.6 Å². The first kappa shape index (κ1) is 17.2. The summed E-state index contributed by atoms with van der Waals surface area (Å²) in [6, 6.07) is 11.6. The van der Waals surface area contributed by atoms with E-state index in [0.29, 0.717) is 12.4 Å². The third-order valence-corrected chi connectivity index (χ3v) is 4.32. The quantitative estimate of drug-likeness (QED) is 0.856. The van der Waals surface area contributed by atoms with E-state index in [-0.39, 0.29) is 17.9 Å². The summed E-state index contributed by atoms with van der Waals surface area (Å²) in [5, 5.41) is 0. The highest BCUT2D eigenvalue weighted by atomic mass is 16.5. The van der Waals surface area contributed by atoms with Gasteiger partial charge >= 0.3 is 0 Å². The van der Waals surface area contributed by atoms with E-state index in [1.165, 1.54) is 6.33 Å². The van der Waals surface area contributed by atoms with Crippen molar-refractivity contribution >= 4 is 11.7 Å². The molecule has 1 amide bonds. The average molecular weight is 340 g/mol. The molecule has 0 radical (unpaired) electrons. The van der Waals surface area contributed by atoms with E-state index in [4.69, 9.17) is 4.74 Å². The van der Waals surface area contributed by atoms with Gasteiger partial charge in [-0.25, -0.2) is 9.97 Å². The molecular weight excluding hydrogens is 316 g/mol. The number of anilines is 1. The molecule has 1 atom stereocenters. The molecule has 1 saturated heterocycles. The maximum Gasteiger partial charge on any atom is 0.225 e. The van der Waals surface area contributed by atoms with Crippen molar-refractivity contribution in [1.82, 2.24) is 14.9 Å².